The smallest absolute Gasteiger partial charge is 0.257 e. The fourth-order valence-corrected chi connectivity index (χ4v) is 4.27. The van der Waals surface area contributed by atoms with Gasteiger partial charge in [0.1, 0.15) is 0 Å². The van der Waals surface area contributed by atoms with Gasteiger partial charge in [-0.2, -0.15) is 5.10 Å². The number of rotatable bonds is 4. The largest absolute Gasteiger partial charge is 0.378 e. The third kappa shape index (κ3) is 2.27. The van der Waals surface area contributed by atoms with E-state index in [9.17, 15) is 4.79 Å². The molecule has 1 amide bonds. The maximum Gasteiger partial charge on any atom is 0.257 e. The van der Waals surface area contributed by atoms with E-state index in [1.165, 1.54) is 25.7 Å². The highest BCUT2D eigenvalue weighted by Gasteiger charge is 2.58. The van der Waals surface area contributed by atoms with Crippen molar-refractivity contribution in [2.24, 2.45) is 12.5 Å². The number of nitrogens with zero attached hydrogens (tertiary/aromatic N) is 3. The van der Waals surface area contributed by atoms with Crippen LogP contribution in [-0.2, 0) is 11.8 Å². The molecule has 1 heterocycles. The SMILES string of the molecule is CCO[C@@H]1C[C@@H](N(C)C(=O)c2cnn(C)c2)C12CCCC2. The highest BCUT2D eigenvalue weighted by atomic mass is 16.5. The van der Waals surface area contributed by atoms with E-state index in [-0.39, 0.29) is 11.3 Å². The lowest BCUT2D eigenvalue weighted by Gasteiger charge is -2.56. The molecular weight excluding hydrogens is 266 g/mol. The molecule has 0 N–H and O–H groups in total. The Morgan fingerprint density at radius 1 is 1.52 bits per heavy atom. The van der Waals surface area contributed by atoms with Gasteiger partial charge in [-0.25, -0.2) is 0 Å². The monoisotopic (exact) mass is 291 g/mol. The minimum atomic E-state index is 0.0781. The number of aromatic nitrogens is 2. The van der Waals surface area contributed by atoms with Crippen LogP contribution in [-0.4, -0.2) is 46.4 Å². The molecule has 2 saturated carbocycles. The molecule has 2 aliphatic rings. The van der Waals surface area contributed by atoms with Gasteiger partial charge in [0.2, 0.25) is 0 Å². The van der Waals surface area contributed by atoms with Crippen LogP contribution in [0.25, 0.3) is 0 Å². The van der Waals surface area contributed by atoms with Crippen LogP contribution in [0, 0.1) is 5.41 Å². The molecule has 0 radical (unpaired) electrons. The number of carbonyl (C=O) groups is 1. The molecule has 21 heavy (non-hydrogen) atoms. The summed E-state index contributed by atoms with van der Waals surface area (Å²) in [4.78, 5) is 14.6. The van der Waals surface area contributed by atoms with Gasteiger partial charge in [0.25, 0.3) is 5.91 Å². The minimum Gasteiger partial charge on any atom is -0.378 e. The minimum absolute atomic E-state index is 0.0781. The first-order valence-electron chi connectivity index (χ1n) is 7.96. The number of hydrogen-bond acceptors (Lipinski definition) is 3. The number of ether oxygens (including phenoxy) is 1. The van der Waals surface area contributed by atoms with E-state index in [2.05, 4.69) is 12.0 Å². The molecule has 2 atom stereocenters. The molecular formula is C16H25N3O2. The summed E-state index contributed by atoms with van der Waals surface area (Å²) in [5, 5.41) is 4.10. The predicted molar refractivity (Wildman–Crippen MR) is 80.0 cm³/mol. The normalized spacial score (nSPS) is 26.8. The van der Waals surface area contributed by atoms with E-state index >= 15 is 0 Å². The Morgan fingerprint density at radius 3 is 2.81 bits per heavy atom. The van der Waals surface area contributed by atoms with Crippen LogP contribution in [0.4, 0.5) is 0 Å². The van der Waals surface area contributed by atoms with E-state index in [0.717, 1.165) is 13.0 Å². The molecule has 5 heteroatoms. The third-order valence-corrected chi connectivity index (χ3v) is 5.38. The van der Waals surface area contributed by atoms with Crippen LogP contribution >= 0.6 is 0 Å². The fourth-order valence-electron chi connectivity index (χ4n) is 4.27. The van der Waals surface area contributed by atoms with Gasteiger partial charge in [0, 0.05) is 38.4 Å². The molecule has 0 bridgehead atoms. The summed E-state index contributed by atoms with van der Waals surface area (Å²) < 4.78 is 7.61. The van der Waals surface area contributed by atoms with E-state index in [1.807, 2.05) is 19.0 Å². The van der Waals surface area contributed by atoms with Gasteiger partial charge >= 0.3 is 0 Å². The second-order valence-electron chi connectivity index (χ2n) is 6.45. The Bertz CT molecular complexity index is 519. The van der Waals surface area contributed by atoms with Crippen molar-refractivity contribution in [3.8, 4) is 0 Å². The average Bonchev–Trinajstić information content (AvgIpc) is 3.11. The molecule has 116 valence electrons. The van der Waals surface area contributed by atoms with Crippen molar-refractivity contribution in [1.29, 1.82) is 0 Å². The average molecular weight is 291 g/mol. The Kier molecular flexibility index (Phi) is 3.78. The molecule has 0 unspecified atom stereocenters. The number of carbonyl (C=O) groups excluding carboxylic acids is 1. The number of aryl methyl sites for hydroxylation is 1. The van der Waals surface area contributed by atoms with Gasteiger partial charge < -0.3 is 9.64 Å². The molecule has 0 saturated heterocycles. The molecule has 3 rings (SSSR count). The van der Waals surface area contributed by atoms with Crippen LogP contribution < -0.4 is 0 Å². The Balaban J connectivity index is 1.75. The second-order valence-corrected chi connectivity index (χ2v) is 6.45. The molecule has 5 nitrogen and oxygen atoms in total. The number of hydrogen-bond donors (Lipinski definition) is 0. The zero-order valence-corrected chi connectivity index (χ0v) is 13.2. The van der Waals surface area contributed by atoms with Crippen LogP contribution in [0.1, 0.15) is 49.4 Å². The van der Waals surface area contributed by atoms with Crippen molar-refractivity contribution in [1.82, 2.24) is 14.7 Å². The van der Waals surface area contributed by atoms with Crippen LogP contribution in [0.3, 0.4) is 0 Å². The Labute approximate surface area is 126 Å². The van der Waals surface area contributed by atoms with Crippen molar-refractivity contribution < 1.29 is 9.53 Å². The van der Waals surface area contributed by atoms with Gasteiger partial charge in [-0.3, -0.25) is 9.48 Å². The zero-order chi connectivity index (χ0) is 15.0. The molecule has 2 aliphatic carbocycles. The predicted octanol–water partition coefficient (Wildman–Crippen LogP) is 2.23. The van der Waals surface area contributed by atoms with Crippen molar-refractivity contribution >= 4 is 5.91 Å². The summed E-state index contributed by atoms with van der Waals surface area (Å²) in [7, 11) is 3.77. The summed E-state index contributed by atoms with van der Waals surface area (Å²) in [6.45, 7) is 2.82. The first-order chi connectivity index (χ1) is 10.1. The van der Waals surface area contributed by atoms with Crippen LogP contribution in [0.2, 0.25) is 0 Å². The summed E-state index contributed by atoms with van der Waals surface area (Å²) in [5.41, 5.74) is 0.871. The summed E-state index contributed by atoms with van der Waals surface area (Å²) in [6, 6.07) is 0.309. The van der Waals surface area contributed by atoms with Gasteiger partial charge in [0.05, 0.1) is 17.9 Å². The molecule has 2 fully saturated rings. The summed E-state index contributed by atoms with van der Waals surface area (Å²) in [6.07, 6.45) is 9.64. The van der Waals surface area contributed by atoms with Gasteiger partial charge in [-0.1, -0.05) is 12.8 Å². The summed E-state index contributed by atoms with van der Waals surface area (Å²) in [5.74, 6) is 0.0781. The van der Waals surface area contributed by atoms with Gasteiger partial charge in [-0.05, 0) is 26.2 Å². The van der Waals surface area contributed by atoms with E-state index in [0.29, 0.717) is 17.7 Å². The number of amides is 1. The topological polar surface area (TPSA) is 47.4 Å². The van der Waals surface area contributed by atoms with Crippen molar-refractivity contribution in [3.05, 3.63) is 18.0 Å². The Morgan fingerprint density at radius 2 is 2.24 bits per heavy atom. The van der Waals surface area contributed by atoms with Crippen molar-refractivity contribution in [2.45, 2.75) is 51.2 Å². The second kappa shape index (κ2) is 5.44. The molecule has 1 spiro atoms. The summed E-state index contributed by atoms with van der Waals surface area (Å²) >= 11 is 0. The molecule has 0 aliphatic heterocycles. The van der Waals surface area contributed by atoms with E-state index in [1.54, 1.807) is 17.1 Å². The zero-order valence-electron chi connectivity index (χ0n) is 13.2. The maximum atomic E-state index is 12.6. The van der Waals surface area contributed by atoms with Crippen LogP contribution in [0.15, 0.2) is 12.4 Å². The molecule has 1 aromatic heterocycles. The third-order valence-electron chi connectivity index (χ3n) is 5.38. The lowest BCUT2D eigenvalue weighted by atomic mass is 9.60. The maximum absolute atomic E-state index is 12.6. The standard InChI is InChI=1S/C16H25N3O2/c1-4-21-14-9-13(16(14)7-5-6-8-16)19(3)15(20)12-10-17-18(2)11-12/h10-11,13-14H,4-9H2,1-3H3/t13-,14-/m1/s1. The van der Waals surface area contributed by atoms with E-state index in [4.69, 9.17) is 4.74 Å². The van der Waals surface area contributed by atoms with Crippen molar-refractivity contribution in [2.75, 3.05) is 13.7 Å². The highest BCUT2D eigenvalue weighted by Crippen LogP contribution is 2.56. The lowest BCUT2D eigenvalue weighted by Crippen LogP contribution is -2.63. The Hall–Kier alpha value is -1.36. The van der Waals surface area contributed by atoms with Gasteiger partial charge in [-0.15, -0.1) is 0 Å². The quantitative estimate of drug-likeness (QED) is 0.854. The first-order valence-corrected chi connectivity index (χ1v) is 7.96. The van der Waals surface area contributed by atoms with E-state index < -0.39 is 0 Å². The fraction of sp³-hybridized carbons (Fsp3) is 0.750. The van der Waals surface area contributed by atoms with Crippen molar-refractivity contribution in [3.63, 3.8) is 0 Å². The first kappa shape index (κ1) is 14.6. The van der Waals surface area contributed by atoms with Gasteiger partial charge in [0.15, 0.2) is 0 Å². The molecule has 0 aromatic carbocycles. The molecule has 1 aromatic rings. The highest BCUT2D eigenvalue weighted by molar-refractivity contribution is 5.93. The van der Waals surface area contributed by atoms with Crippen LogP contribution in [0.5, 0.6) is 0 Å². The lowest BCUT2D eigenvalue weighted by molar-refractivity contribution is -0.152.